The third-order valence-corrected chi connectivity index (χ3v) is 7.05. The van der Waals surface area contributed by atoms with Crippen LogP contribution in [0, 0.1) is 35.5 Å². The molecule has 1 aromatic rings. The van der Waals surface area contributed by atoms with Crippen LogP contribution >= 0.6 is 11.3 Å². The molecule has 130 valence electrons. The van der Waals surface area contributed by atoms with Crippen LogP contribution in [0.1, 0.15) is 18.4 Å². The number of rotatable bonds is 4. The first kappa shape index (κ1) is 15.2. The summed E-state index contributed by atoms with van der Waals surface area (Å²) in [6, 6.07) is 0. The van der Waals surface area contributed by atoms with Crippen LogP contribution in [0.15, 0.2) is 12.2 Å². The molecule has 6 atom stereocenters. The van der Waals surface area contributed by atoms with Gasteiger partial charge in [-0.2, -0.15) is 0 Å². The van der Waals surface area contributed by atoms with Gasteiger partial charge < -0.3 is 0 Å². The van der Waals surface area contributed by atoms with E-state index >= 15 is 0 Å². The fourth-order valence-electron chi connectivity index (χ4n) is 4.92. The molecule has 2 bridgehead atoms. The Morgan fingerprint density at radius 2 is 1.84 bits per heavy atom. The first-order valence-electron chi connectivity index (χ1n) is 8.74. The SMILES string of the molecule is CCc1nnc(NC(=O)CN2C(=O)[C@@H]3[C@H]4C=C[C@@H]([C@@H]5C[C@H]45)[C@H]3C2=O)s1. The number of nitrogens with zero attached hydrogens (tertiary/aromatic N) is 3. The lowest BCUT2D eigenvalue weighted by Gasteiger charge is -2.37. The largest absolute Gasteiger partial charge is 0.299 e. The van der Waals surface area contributed by atoms with Crippen LogP contribution in [-0.2, 0) is 20.8 Å². The minimum atomic E-state index is -0.399. The summed E-state index contributed by atoms with van der Waals surface area (Å²) in [6.07, 6.45) is 6.13. The number of hydrogen-bond donors (Lipinski definition) is 1. The van der Waals surface area contributed by atoms with Gasteiger partial charge in [-0.05, 0) is 36.5 Å². The van der Waals surface area contributed by atoms with Crippen molar-refractivity contribution in [2.75, 3.05) is 11.9 Å². The molecule has 0 radical (unpaired) electrons. The maximum absolute atomic E-state index is 12.8. The number of amides is 3. The zero-order chi connectivity index (χ0) is 17.3. The van der Waals surface area contributed by atoms with Crippen LogP contribution in [0.25, 0.3) is 0 Å². The molecular weight excluding hydrogens is 340 g/mol. The highest BCUT2D eigenvalue weighted by Gasteiger charge is 2.67. The molecule has 2 saturated carbocycles. The molecule has 0 spiro atoms. The van der Waals surface area contributed by atoms with Crippen LogP contribution < -0.4 is 5.32 Å². The van der Waals surface area contributed by atoms with E-state index in [9.17, 15) is 14.4 Å². The van der Waals surface area contributed by atoms with Crippen molar-refractivity contribution >= 4 is 34.2 Å². The highest BCUT2D eigenvalue weighted by atomic mass is 32.1. The van der Waals surface area contributed by atoms with Crippen molar-refractivity contribution in [1.29, 1.82) is 0 Å². The van der Waals surface area contributed by atoms with Gasteiger partial charge in [-0.15, -0.1) is 10.2 Å². The van der Waals surface area contributed by atoms with Gasteiger partial charge >= 0.3 is 0 Å². The number of aryl methyl sites for hydroxylation is 1. The van der Waals surface area contributed by atoms with E-state index in [0.29, 0.717) is 17.0 Å². The third kappa shape index (κ3) is 2.13. The Bertz CT molecular complexity index is 783. The molecular formula is C17H18N4O3S. The van der Waals surface area contributed by atoms with E-state index in [1.54, 1.807) is 0 Å². The Morgan fingerprint density at radius 3 is 2.40 bits per heavy atom. The van der Waals surface area contributed by atoms with E-state index in [-0.39, 0.29) is 42.0 Å². The summed E-state index contributed by atoms with van der Waals surface area (Å²) in [5.41, 5.74) is 0. The third-order valence-electron chi connectivity index (χ3n) is 6.07. The van der Waals surface area contributed by atoms with Crippen LogP contribution in [0.3, 0.4) is 0 Å². The molecule has 3 amide bonds. The maximum Gasteiger partial charge on any atom is 0.246 e. The zero-order valence-electron chi connectivity index (χ0n) is 13.7. The highest BCUT2D eigenvalue weighted by molar-refractivity contribution is 7.15. The average molecular weight is 358 g/mol. The van der Waals surface area contributed by atoms with Crippen LogP contribution in [0.4, 0.5) is 5.13 Å². The first-order chi connectivity index (χ1) is 12.1. The van der Waals surface area contributed by atoms with E-state index in [2.05, 4.69) is 27.7 Å². The Morgan fingerprint density at radius 1 is 1.20 bits per heavy atom. The lowest BCUT2D eigenvalue weighted by molar-refractivity contribution is -0.142. The van der Waals surface area contributed by atoms with Crippen molar-refractivity contribution < 1.29 is 14.4 Å². The number of allylic oxidation sites excluding steroid dienone is 2. The van der Waals surface area contributed by atoms with Gasteiger partial charge in [-0.1, -0.05) is 30.4 Å². The van der Waals surface area contributed by atoms with E-state index in [4.69, 9.17) is 0 Å². The number of carbonyl (C=O) groups is 3. The minimum absolute atomic E-state index is 0.179. The first-order valence-corrected chi connectivity index (χ1v) is 9.56. The average Bonchev–Trinajstić information content (AvgIpc) is 3.27. The topological polar surface area (TPSA) is 92.3 Å². The summed E-state index contributed by atoms with van der Waals surface area (Å²) in [7, 11) is 0. The molecule has 1 N–H and O–H groups in total. The molecule has 7 nitrogen and oxygen atoms in total. The summed E-state index contributed by atoms with van der Waals surface area (Å²) < 4.78 is 0. The number of nitrogens with one attached hydrogen (secondary N) is 1. The molecule has 25 heavy (non-hydrogen) atoms. The molecule has 1 aromatic heterocycles. The van der Waals surface area contributed by atoms with Gasteiger partial charge in [0.15, 0.2) is 0 Å². The predicted molar refractivity (Wildman–Crippen MR) is 89.3 cm³/mol. The monoisotopic (exact) mass is 358 g/mol. The van der Waals surface area contributed by atoms with Gasteiger partial charge in [0.05, 0.1) is 11.8 Å². The normalized spacial score (nSPS) is 37.2. The van der Waals surface area contributed by atoms with Crippen molar-refractivity contribution in [3.05, 3.63) is 17.2 Å². The molecule has 1 saturated heterocycles. The van der Waals surface area contributed by atoms with Crippen molar-refractivity contribution in [3.8, 4) is 0 Å². The number of likely N-dealkylation sites (tertiary alicyclic amines) is 1. The Labute approximate surface area is 148 Å². The van der Waals surface area contributed by atoms with Gasteiger partial charge in [0, 0.05) is 0 Å². The molecule has 3 fully saturated rings. The molecule has 8 heteroatoms. The van der Waals surface area contributed by atoms with Gasteiger partial charge in [-0.3, -0.25) is 24.6 Å². The molecule has 2 heterocycles. The quantitative estimate of drug-likeness (QED) is 0.643. The number of aromatic nitrogens is 2. The summed E-state index contributed by atoms with van der Waals surface area (Å²) >= 11 is 1.31. The smallest absolute Gasteiger partial charge is 0.246 e. The van der Waals surface area contributed by atoms with Crippen molar-refractivity contribution in [3.63, 3.8) is 0 Å². The van der Waals surface area contributed by atoms with Crippen molar-refractivity contribution in [2.24, 2.45) is 35.5 Å². The molecule has 1 aliphatic heterocycles. The number of hydrogen-bond acceptors (Lipinski definition) is 6. The van der Waals surface area contributed by atoms with E-state index in [0.717, 1.165) is 22.7 Å². The van der Waals surface area contributed by atoms with Crippen LogP contribution in [0.2, 0.25) is 0 Å². The highest BCUT2D eigenvalue weighted by Crippen LogP contribution is 2.65. The number of imide groups is 1. The summed E-state index contributed by atoms with van der Waals surface area (Å²) in [5.74, 6) is 0.220. The molecule has 4 aliphatic carbocycles. The Kier molecular flexibility index (Phi) is 3.16. The minimum Gasteiger partial charge on any atom is -0.299 e. The second-order valence-corrected chi connectivity index (χ2v) is 8.38. The van der Waals surface area contributed by atoms with Crippen LogP contribution in [0.5, 0.6) is 0 Å². The van der Waals surface area contributed by atoms with Crippen molar-refractivity contribution in [1.82, 2.24) is 15.1 Å². The predicted octanol–water partition coefficient (Wildman–Crippen LogP) is 1.09. The van der Waals surface area contributed by atoms with E-state index < -0.39 is 5.91 Å². The number of carbonyl (C=O) groups excluding carboxylic acids is 3. The summed E-state index contributed by atoms with van der Waals surface area (Å²) in [4.78, 5) is 39.1. The molecule has 6 rings (SSSR count). The molecule has 0 aromatic carbocycles. The van der Waals surface area contributed by atoms with Gasteiger partial charge in [-0.25, -0.2) is 0 Å². The fraction of sp³-hybridized carbons (Fsp3) is 0.588. The fourth-order valence-corrected chi connectivity index (χ4v) is 5.62. The zero-order valence-corrected chi connectivity index (χ0v) is 14.5. The number of anilines is 1. The molecule has 0 unspecified atom stereocenters. The molecule has 5 aliphatic rings. The van der Waals surface area contributed by atoms with E-state index in [1.165, 1.54) is 11.3 Å². The van der Waals surface area contributed by atoms with Crippen molar-refractivity contribution in [2.45, 2.75) is 19.8 Å². The summed E-state index contributed by atoms with van der Waals surface area (Å²) in [5, 5.41) is 11.7. The Hall–Kier alpha value is -2.09. The second-order valence-electron chi connectivity index (χ2n) is 7.32. The second kappa shape index (κ2) is 5.20. The van der Waals surface area contributed by atoms with Crippen LogP contribution in [-0.4, -0.2) is 39.4 Å². The lowest BCUT2D eigenvalue weighted by atomic mass is 9.63. The van der Waals surface area contributed by atoms with Gasteiger partial charge in [0.25, 0.3) is 0 Å². The Balaban J connectivity index is 1.31. The van der Waals surface area contributed by atoms with E-state index in [1.807, 2.05) is 6.92 Å². The van der Waals surface area contributed by atoms with Gasteiger partial charge in [0.1, 0.15) is 11.6 Å². The van der Waals surface area contributed by atoms with Gasteiger partial charge in [0.2, 0.25) is 22.9 Å². The summed E-state index contributed by atoms with van der Waals surface area (Å²) in [6.45, 7) is 1.72. The lowest BCUT2D eigenvalue weighted by Crippen LogP contribution is -2.40. The maximum atomic E-state index is 12.8. The standard InChI is InChI=1S/C17H18N4O3S/c1-2-12-19-20-17(25-12)18-11(22)6-21-15(23)13-7-3-4-8(10-5-9(7)10)14(13)16(21)24/h3-4,7-10,13-14H,2,5-6H2,1H3,(H,18,20,22)/t7-,8-,9-,10+,13+,14+/m0/s1.